The van der Waals surface area contributed by atoms with Gasteiger partial charge in [-0.15, -0.1) is 0 Å². The molecule has 2 aromatic carbocycles. The lowest BCUT2D eigenvalue weighted by Crippen LogP contribution is -2.19. The SMILES string of the molecule is CCOC(=O)c1[nH]c2ccc(Cl)cc2c1N(CC)c1ccccc1. The van der Waals surface area contributed by atoms with E-state index in [4.69, 9.17) is 16.3 Å². The van der Waals surface area contributed by atoms with Crippen LogP contribution in [0, 0.1) is 0 Å². The normalized spacial score (nSPS) is 10.8. The average Bonchev–Trinajstić information content (AvgIpc) is 2.96. The van der Waals surface area contributed by atoms with Crippen molar-refractivity contribution in [3.63, 3.8) is 0 Å². The van der Waals surface area contributed by atoms with Crippen molar-refractivity contribution in [2.75, 3.05) is 18.1 Å². The Morgan fingerprint density at radius 3 is 2.58 bits per heavy atom. The average molecular weight is 343 g/mol. The number of hydrogen-bond acceptors (Lipinski definition) is 3. The van der Waals surface area contributed by atoms with E-state index in [0.717, 1.165) is 22.3 Å². The maximum atomic E-state index is 12.5. The van der Waals surface area contributed by atoms with Crippen molar-refractivity contribution in [2.45, 2.75) is 13.8 Å². The smallest absolute Gasteiger partial charge is 0.356 e. The van der Waals surface area contributed by atoms with Crippen LogP contribution in [-0.2, 0) is 4.74 Å². The molecule has 0 amide bonds. The van der Waals surface area contributed by atoms with Gasteiger partial charge in [-0.2, -0.15) is 0 Å². The molecule has 4 nitrogen and oxygen atoms in total. The molecule has 1 heterocycles. The summed E-state index contributed by atoms with van der Waals surface area (Å²) in [5, 5.41) is 1.53. The third kappa shape index (κ3) is 2.97. The minimum Gasteiger partial charge on any atom is -0.461 e. The van der Waals surface area contributed by atoms with E-state index in [2.05, 4.69) is 9.88 Å². The first-order valence-corrected chi connectivity index (χ1v) is 8.34. The minimum atomic E-state index is -0.366. The summed E-state index contributed by atoms with van der Waals surface area (Å²) >= 11 is 6.19. The summed E-state index contributed by atoms with van der Waals surface area (Å²) in [6.07, 6.45) is 0. The van der Waals surface area contributed by atoms with Gasteiger partial charge in [-0.1, -0.05) is 29.8 Å². The molecule has 3 rings (SSSR count). The lowest BCUT2D eigenvalue weighted by atomic mass is 10.1. The number of para-hydroxylation sites is 1. The molecule has 0 aliphatic rings. The van der Waals surface area contributed by atoms with Crippen molar-refractivity contribution < 1.29 is 9.53 Å². The number of fused-ring (bicyclic) bond motifs is 1. The van der Waals surface area contributed by atoms with Crippen LogP contribution < -0.4 is 4.90 Å². The number of aromatic nitrogens is 1. The second kappa shape index (κ2) is 6.97. The Balaban J connectivity index is 2.24. The monoisotopic (exact) mass is 342 g/mol. The number of aromatic amines is 1. The maximum Gasteiger partial charge on any atom is 0.356 e. The first kappa shape index (κ1) is 16.4. The first-order valence-electron chi connectivity index (χ1n) is 7.96. The zero-order valence-electron chi connectivity index (χ0n) is 13.7. The molecule has 0 spiro atoms. The number of ether oxygens (including phenoxy) is 1. The number of carbonyl (C=O) groups is 1. The Kier molecular flexibility index (Phi) is 4.76. The summed E-state index contributed by atoms with van der Waals surface area (Å²) in [4.78, 5) is 17.7. The van der Waals surface area contributed by atoms with Crippen LogP contribution in [0.3, 0.4) is 0 Å². The number of halogens is 1. The molecule has 0 aliphatic heterocycles. The van der Waals surface area contributed by atoms with Crippen molar-refractivity contribution >= 4 is 39.8 Å². The van der Waals surface area contributed by atoms with Crippen molar-refractivity contribution in [1.82, 2.24) is 4.98 Å². The molecular formula is C19H19ClN2O2. The van der Waals surface area contributed by atoms with E-state index in [-0.39, 0.29) is 5.97 Å². The number of esters is 1. The highest BCUT2D eigenvalue weighted by molar-refractivity contribution is 6.31. The molecule has 0 saturated carbocycles. The van der Waals surface area contributed by atoms with Crippen molar-refractivity contribution in [3.8, 4) is 0 Å². The van der Waals surface area contributed by atoms with Crippen molar-refractivity contribution in [3.05, 3.63) is 59.2 Å². The van der Waals surface area contributed by atoms with Gasteiger partial charge in [0.15, 0.2) is 0 Å². The number of hydrogen-bond donors (Lipinski definition) is 1. The minimum absolute atomic E-state index is 0.325. The fraction of sp³-hybridized carbons (Fsp3) is 0.211. The van der Waals surface area contributed by atoms with Gasteiger partial charge in [0.05, 0.1) is 12.3 Å². The molecule has 1 aromatic heterocycles. The van der Waals surface area contributed by atoms with Crippen LogP contribution in [0.15, 0.2) is 48.5 Å². The summed E-state index contributed by atoms with van der Waals surface area (Å²) in [6.45, 7) is 4.87. The lowest BCUT2D eigenvalue weighted by molar-refractivity contribution is 0.0521. The van der Waals surface area contributed by atoms with Crippen LogP contribution in [0.4, 0.5) is 11.4 Å². The van der Waals surface area contributed by atoms with E-state index < -0.39 is 0 Å². The summed E-state index contributed by atoms with van der Waals surface area (Å²) in [7, 11) is 0. The fourth-order valence-electron chi connectivity index (χ4n) is 2.86. The van der Waals surface area contributed by atoms with Gasteiger partial charge in [-0.05, 0) is 44.2 Å². The van der Waals surface area contributed by atoms with Gasteiger partial charge >= 0.3 is 5.97 Å². The van der Waals surface area contributed by atoms with Gasteiger partial charge in [0, 0.05) is 28.2 Å². The molecule has 1 N–H and O–H groups in total. The Labute approximate surface area is 146 Å². The molecule has 5 heteroatoms. The van der Waals surface area contributed by atoms with Crippen LogP contribution >= 0.6 is 11.6 Å². The van der Waals surface area contributed by atoms with E-state index in [1.165, 1.54) is 0 Å². The molecule has 0 unspecified atom stereocenters. The topological polar surface area (TPSA) is 45.3 Å². The predicted octanol–water partition coefficient (Wildman–Crippen LogP) is 5.16. The molecule has 124 valence electrons. The maximum absolute atomic E-state index is 12.5. The molecule has 0 fully saturated rings. The molecular weight excluding hydrogens is 324 g/mol. The molecule has 0 aliphatic carbocycles. The van der Waals surface area contributed by atoms with E-state index in [0.29, 0.717) is 23.9 Å². The number of H-pyrrole nitrogens is 1. The quantitative estimate of drug-likeness (QED) is 0.652. The van der Waals surface area contributed by atoms with E-state index in [1.54, 1.807) is 13.0 Å². The molecule has 24 heavy (non-hydrogen) atoms. The first-order chi connectivity index (χ1) is 11.7. The number of nitrogens with zero attached hydrogens (tertiary/aromatic N) is 1. The number of carbonyl (C=O) groups excluding carboxylic acids is 1. The fourth-order valence-corrected chi connectivity index (χ4v) is 3.03. The van der Waals surface area contributed by atoms with Crippen LogP contribution in [0.25, 0.3) is 10.9 Å². The Morgan fingerprint density at radius 2 is 1.92 bits per heavy atom. The Bertz CT molecular complexity index is 858. The van der Waals surface area contributed by atoms with Crippen LogP contribution in [0.1, 0.15) is 24.3 Å². The highest BCUT2D eigenvalue weighted by Crippen LogP contribution is 2.37. The largest absolute Gasteiger partial charge is 0.461 e. The van der Waals surface area contributed by atoms with E-state index in [9.17, 15) is 4.79 Å². The van der Waals surface area contributed by atoms with Gasteiger partial charge in [0.25, 0.3) is 0 Å². The van der Waals surface area contributed by atoms with Gasteiger partial charge in [0.2, 0.25) is 0 Å². The zero-order chi connectivity index (χ0) is 17.1. The standard InChI is InChI=1S/C19H19ClN2O2/c1-3-22(14-8-6-5-7-9-14)18-15-12-13(20)10-11-16(15)21-17(18)19(23)24-4-2/h5-12,21H,3-4H2,1-2H3. The lowest BCUT2D eigenvalue weighted by Gasteiger charge is -2.24. The van der Waals surface area contributed by atoms with E-state index >= 15 is 0 Å². The summed E-state index contributed by atoms with van der Waals surface area (Å²) in [6, 6.07) is 15.5. The Hall–Kier alpha value is -2.46. The number of anilines is 2. The summed E-state index contributed by atoms with van der Waals surface area (Å²) < 4.78 is 5.23. The summed E-state index contributed by atoms with van der Waals surface area (Å²) in [5.41, 5.74) is 3.10. The predicted molar refractivity (Wildman–Crippen MR) is 98.4 cm³/mol. The molecule has 0 atom stereocenters. The summed E-state index contributed by atoms with van der Waals surface area (Å²) in [5.74, 6) is -0.366. The van der Waals surface area contributed by atoms with Crippen molar-refractivity contribution in [1.29, 1.82) is 0 Å². The Morgan fingerprint density at radius 1 is 1.17 bits per heavy atom. The van der Waals surface area contributed by atoms with Crippen LogP contribution in [-0.4, -0.2) is 24.1 Å². The second-order valence-corrected chi connectivity index (χ2v) is 5.78. The molecule has 0 saturated heterocycles. The molecule has 0 radical (unpaired) electrons. The van der Waals surface area contributed by atoms with Gasteiger partial charge in [-0.3, -0.25) is 0 Å². The van der Waals surface area contributed by atoms with Crippen molar-refractivity contribution in [2.24, 2.45) is 0 Å². The molecule has 0 bridgehead atoms. The number of rotatable bonds is 5. The highest BCUT2D eigenvalue weighted by atomic mass is 35.5. The van der Waals surface area contributed by atoms with Gasteiger partial charge in [0.1, 0.15) is 5.69 Å². The van der Waals surface area contributed by atoms with Gasteiger partial charge < -0.3 is 14.6 Å². The third-order valence-corrected chi connectivity index (χ3v) is 4.10. The highest BCUT2D eigenvalue weighted by Gasteiger charge is 2.24. The molecule has 3 aromatic rings. The number of nitrogens with one attached hydrogen (secondary N) is 1. The second-order valence-electron chi connectivity index (χ2n) is 5.34. The number of benzene rings is 2. The zero-order valence-corrected chi connectivity index (χ0v) is 14.4. The van der Waals surface area contributed by atoms with Crippen LogP contribution in [0.2, 0.25) is 5.02 Å². The van der Waals surface area contributed by atoms with E-state index in [1.807, 2.05) is 49.4 Å². The van der Waals surface area contributed by atoms with Gasteiger partial charge in [-0.25, -0.2) is 4.79 Å². The van der Waals surface area contributed by atoms with Crippen LogP contribution in [0.5, 0.6) is 0 Å². The third-order valence-electron chi connectivity index (χ3n) is 3.87.